The average molecular weight is 403 g/mol. The number of unbranched alkanes of at least 4 members (excludes halogenated alkanes) is 1. The fraction of sp³-hybridized carbons (Fsp3) is 0.826. The van der Waals surface area contributed by atoms with Crippen LogP contribution in [0.3, 0.4) is 0 Å². The summed E-state index contributed by atoms with van der Waals surface area (Å²) in [6, 6.07) is 0. The number of allylic oxidation sites excluding steroid dienone is 4. The first-order valence-electron chi connectivity index (χ1n) is 11.0. The lowest BCUT2D eigenvalue weighted by atomic mass is 9.74. The number of halogens is 4. The van der Waals surface area contributed by atoms with E-state index < -0.39 is 23.0 Å². The number of alkyl halides is 4. The molecule has 1 nitrogen and oxygen atoms in total. The average Bonchev–Trinajstić information content (AvgIpc) is 2.67. The lowest BCUT2D eigenvalue weighted by Gasteiger charge is -2.37. The summed E-state index contributed by atoms with van der Waals surface area (Å²) in [5.74, 6) is -5.81. The molecular formula is C23H34F4O. The maximum Gasteiger partial charge on any atom is 0.335 e. The highest BCUT2D eigenvalue weighted by Crippen LogP contribution is 2.48. The molecule has 3 aliphatic rings. The molecule has 2 fully saturated rings. The number of rotatable bonds is 6. The van der Waals surface area contributed by atoms with Gasteiger partial charge in [0.2, 0.25) is 0 Å². The number of hydrogen-bond donors (Lipinski definition) is 0. The maximum atomic E-state index is 14.0. The summed E-state index contributed by atoms with van der Waals surface area (Å²) in [5.41, 5.74) is -1.02. The van der Waals surface area contributed by atoms with Crippen molar-refractivity contribution in [1.29, 1.82) is 0 Å². The van der Waals surface area contributed by atoms with Gasteiger partial charge in [-0.2, -0.15) is 17.6 Å². The lowest BCUT2D eigenvalue weighted by molar-refractivity contribution is -0.164. The van der Waals surface area contributed by atoms with Crippen LogP contribution in [0.25, 0.3) is 0 Å². The summed E-state index contributed by atoms with van der Waals surface area (Å²) in [6.07, 6.45) is 12.1. The molecule has 0 amide bonds. The third-order valence-electron chi connectivity index (χ3n) is 7.18. The molecule has 0 radical (unpaired) electrons. The first-order valence-corrected chi connectivity index (χ1v) is 11.0. The van der Waals surface area contributed by atoms with Gasteiger partial charge < -0.3 is 4.74 Å². The highest BCUT2D eigenvalue weighted by molar-refractivity contribution is 5.36. The molecule has 1 saturated heterocycles. The van der Waals surface area contributed by atoms with E-state index in [4.69, 9.17) is 4.74 Å². The summed E-state index contributed by atoms with van der Waals surface area (Å²) < 4.78 is 61.7. The van der Waals surface area contributed by atoms with Crippen molar-refractivity contribution in [3.05, 3.63) is 23.3 Å². The van der Waals surface area contributed by atoms with E-state index in [2.05, 4.69) is 6.92 Å². The molecule has 5 heteroatoms. The van der Waals surface area contributed by atoms with Gasteiger partial charge in [0.15, 0.2) is 0 Å². The molecule has 0 N–H and O–H groups in total. The van der Waals surface area contributed by atoms with Gasteiger partial charge in [-0.1, -0.05) is 38.3 Å². The Labute approximate surface area is 166 Å². The molecule has 0 aromatic carbocycles. The van der Waals surface area contributed by atoms with Crippen LogP contribution >= 0.6 is 0 Å². The van der Waals surface area contributed by atoms with E-state index in [9.17, 15) is 17.6 Å². The van der Waals surface area contributed by atoms with Crippen LogP contribution in [0.5, 0.6) is 0 Å². The van der Waals surface area contributed by atoms with Crippen molar-refractivity contribution in [3.8, 4) is 0 Å². The smallest absolute Gasteiger partial charge is 0.335 e. The number of hydrogen-bond acceptors (Lipinski definition) is 1. The molecule has 28 heavy (non-hydrogen) atoms. The summed E-state index contributed by atoms with van der Waals surface area (Å²) in [5, 5.41) is 0. The molecule has 1 heterocycles. The second-order valence-electron chi connectivity index (χ2n) is 9.25. The van der Waals surface area contributed by atoms with Crippen molar-refractivity contribution in [2.45, 2.75) is 96.0 Å². The van der Waals surface area contributed by atoms with Crippen LogP contribution in [0.15, 0.2) is 23.3 Å². The minimum atomic E-state index is -4.07. The maximum absolute atomic E-state index is 14.0. The van der Waals surface area contributed by atoms with Gasteiger partial charge in [0.1, 0.15) is 0 Å². The zero-order chi connectivity index (χ0) is 20.4. The predicted octanol–water partition coefficient (Wildman–Crippen LogP) is 7.33. The molecular weight excluding hydrogens is 368 g/mol. The third-order valence-corrected chi connectivity index (χ3v) is 7.18. The van der Waals surface area contributed by atoms with Crippen molar-refractivity contribution >= 4 is 0 Å². The Morgan fingerprint density at radius 1 is 0.893 bits per heavy atom. The molecule has 3 rings (SSSR count). The normalized spacial score (nSPS) is 35.2. The van der Waals surface area contributed by atoms with E-state index in [1.165, 1.54) is 38.2 Å². The van der Waals surface area contributed by atoms with E-state index in [1.807, 2.05) is 0 Å². The highest BCUT2D eigenvalue weighted by Gasteiger charge is 2.60. The fourth-order valence-electron chi connectivity index (χ4n) is 5.00. The van der Waals surface area contributed by atoms with Crippen molar-refractivity contribution < 1.29 is 22.3 Å². The molecule has 0 bridgehead atoms. The zero-order valence-electron chi connectivity index (χ0n) is 17.2. The van der Waals surface area contributed by atoms with Crippen molar-refractivity contribution in [2.75, 3.05) is 6.61 Å². The Bertz CT molecular complexity index is 579. The summed E-state index contributed by atoms with van der Waals surface area (Å²) >= 11 is 0. The molecule has 0 aromatic rings. The van der Waals surface area contributed by atoms with Crippen LogP contribution in [0.2, 0.25) is 0 Å². The molecule has 1 saturated carbocycles. The largest absolute Gasteiger partial charge is 0.378 e. The van der Waals surface area contributed by atoms with Gasteiger partial charge >= 0.3 is 11.8 Å². The van der Waals surface area contributed by atoms with E-state index in [0.717, 1.165) is 50.7 Å². The molecule has 2 aliphatic carbocycles. The topological polar surface area (TPSA) is 9.23 Å². The minimum Gasteiger partial charge on any atom is -0.378 e. The van der Waals surface area contributed by atoms with Gasteiger partial charge in [0, 0.05) is 11.1 Å². The molecule has 1 aliphatic heterocycles. The van der Waals surface area contributed by atoms with Gasteiger partial charge in [0.25, 0.3) is 0 Å². The van der Waals surface area contributed by atoms with E-state index in [0.29, 0.717) is 12.3 Å². The Kier molecular flexibility index (Phi) is 6.94. The minimum absolute atomic E-state index is 0.0158. The highest BCUT2D eigenvalue weighted by atomic mass is 19.3. The Morgan fingerprint density at radius 3 is 2.21 bits per heavy atom. The molecule has 160 valence electrons. The van der Waals surface area contributed by atoms with Crippen LogP contribution in [-0.4, -0.2) is 24.6 Å². The molecule has 2 atom stereocenters. The molecule has 0 spiro atoms. The van der Waals surface area contributed by atoms with Crippen LogP contribution in [0.4, 0.5) is 17.6 Å². The Morgan fingerprint density at radius 2 is 1.57 bits per heavy atom. The van der Waals surface area contributed by atoms with Gasteiger partial charge in [-0.25, -0.2) is 0 Å². The van der Waals surface area contributed by atoms with Gasteiger partial charge in [-0.05, 0) is 69.6 Å². The summed E-state index contributed by atoms with van der Waals surface area (Å²) in [4.78, 5) is 0. The standard InChI is InChI=1S/C23H34F4O/c1-16-7-10-18(11-8-16)19-12-14-21(28-15-19)6-4-3-5-20-13-9-17(2)22(24,25)23(20,26)27/h9,13,16,18-19,21H,3-8,10-12,14-15H2,1-2H3. The Hall–Kier alpha value is -0.840. The van der Waals surface area contributed by atoms with E-state index >= 15 is 0 Å². The SMILES string of the molecule is CC1=CC=C(CCCCC2CCC(C3CCC(C)CC3)CO2)C(F)(F)C1(F)F. The summed E-state index contributed by atoms with van der Waals surface area (Å²) in [6.45, 7) is 4.22. The van der Waals surface area contributed by atoms with Crippen LogP contribution in [0, 0.1) is 17.8 Å². The summed E-state index contributed by atoms with van der Waals surface area (Å²) in [7, 11) is 0. The van der Waals surface area contributed by atoms with Crippen molar-refractivity contribution in [3.63, 3.8) is 0 Å². The van der Waals surface area contributed by atoms with E-state index in [-0.39, 0.29) is 12.5 Å². The number of ether oxygens (including phenoxy) is 1. The van der Waals surface area contributed by atoms with Crippen LogP contribution in [-0.2, 0) is 4.74 Å². The molecule has 2 unspecified atom stereocenters. The van der Waals surface area contributed by atoms with Gasteiger partial charge in [-0.3, -0.25) is 0 Å². The lowest BCUT2D eigenvalue weighted by Crippen LogP contribution is -2.44. The second-order valence-corrected chi connectivity index (χ2v) is 9.25. The predicted molar refractivity (Wildman–Crippen MR) is 104 cm³/mol. The first kappa shape index (κ1) is 21.9. The fourth-order valence-corrected chi connectivity index (χ4v) is 5.00. The van der Waals surface area contributed by atoms with Gasteiger partial charge in [0.05, 0.1) is 12.7 Å². The monoisotopic (exact) mass is 402 g/mol. The van der Waals surface area contributed by atoms with Gasteiger partial charge in [-0.15, -0.1) is 0 Å². The van der Waals surface area contributed by atoms with Crippen molar-refractivity contribution in [1.82, 2.24) is 0 Å². The van der Waals surface area contributed by atoms with Crippen LogP contribution < -0.4 is 0 Å². The molecule has 0 aromatic heterocycles. The first-order chi connectivity index (χ1) is 13.2. The quantitative estimate of drug-likeness (QED) is 0.334. The van der Waals surface area contributed by atoms with E-state index in [1.54, 1.807) is 0 Å². The third kappa shape index (κ3) is 4.66. The zero-order valence-corrected chi connectivity index (χ0v) is 17.2. The van der Waals surface area contributed by atoms with Crippen molar-refractivity contribution in [2.24, 2.45) is 17.8 Å². The second kappa shape index (κ2) is 8.89. The van der Waals surface area contributed by atoms with Crippen LogP contribution in [0.1, 0.15) is 78.1 Å². The Balaban J connectivity index is 1.37.